The van der Waals surface area contributed by atoms with E-state index >= 15 is 0 Å². The first-order valence-electron chi connectivity index (χ1n) is 6.57. The van der Waals surface area contributed by atoms with E-state index in [-0.39, 0.29) is 6.10 Å². The normalized spacial score (nSPS) is 22.7. The van der Waals surface area contributed by atoms with Gasteiger partial charge in [-0.2, -0.15) is 5.26 Å². The molecule has 1 fully saturated rings. The molecule has 3 nitrogen and oxygen atoms in total. The fourth-order valence-corrected chi connectivity index (χ4v) is 2.97. The van der Waals surface area contributed by atoms with Crippen molar-refractivity contribution in [2.75, 3.05) is 11.4 Å². The summed E-state index contributed by atoms with van der Waals surface area (Å²) in [6.07, 6.45) is 0.540. The predicted octanol–water partition coefficient (Wildman–Crippen LogP) is 2.67. The monoisotopic (exact) mass is 252 g/mol. The average molecular weight is 252 g/mol. The van der Waals surface area contributed by atoms with Crippen molar-refractivity contribution in [3.05, 3.63) is 42.0 Å². The maximum atomic E-state index is 9.81. The van der Waals surface area contributed by atoms with Crippen LogP contribution in [0.3, 0.4) is 0 Å². The van der Waals surface area contributed by atoms with E-state index in [1.807, 2.05) is 36.4 Å². The summed E-state index contributed by atoms with van der Waals surface area (Å²) < 4.78 is 0. The fourth-order valence-electron chi connectivity index (χ4n) is 2.97. The summed E-state index contributed by atoms with van der Waals surface area (Å²) in [4.78, 5) is 2.23. The van der Waals surface area contributed by atoms with Gasteiger partial charge in [0.15, 0.2) is 0 Å². The molecular formula is C16H16N2O. The molecule has 1 saturated heterocycles. The minimum Gasteiger partial charge on any atom is -0.391 e. The van der Waals surface area contributed by atoms with Crippen molar-refractivity contribution in [1.29, 1.82) is 5.26 Å². The highest BCUT2D eigenvalue weighted by molar-refractivity contribution is 5.98. The average Bonchev–Trinajstić information content (AvgIpc) is 2.76. The lowest BCUT2D eigenvalue weighted by Crippen LogP contribution is -2.27. The van der Waals surface area contributed by atoms with E-state index in [4.69, 9.17) is 0 Å². The van der Waals surface area contributed by atoms with Gasteiger partial charge in [-0.1, -0.05) is 24.3 Å². The first-order chi connectivity index (χ1) is 9.20. The van der Waals surface area contributed by atoms with E-state index < -0.39 is 0 Å². The van der Waals surface area contributed by atoms with E-state index in [1.54, 1.807) is 0 Å². The van der Waals surface area contributed by atoms with E-state index in [0.29, 0.717) is 18.2 Å². The second kappa shape index (κ2) is 4.56. The number of anilines is 1. The molecule has 0 aromatic heterocycles. The van der Waals surface area contributed by atoms with Gasteiger partial charge in [0.2, 0.25) is 0 Å². The maximum Gasteiger partial charge on any atom is 0.0998 e. The number of β-amino-alcohol motifs (C(OH)–C–C–N with tert-alkyl or cyclic N) is 1. The molecule has 0 unspecified atom stereocenters. The molecule has 2 atom stereocenters. The van der Waals surface area contributed by atoms with Gasteiger partial charge in [-0.25, -0.2) is 0 Å². The maximum absolute atomic E-state index is 9.81. The Morgan fingerprint density at radius 3 is 2.58 bits per heavy atom. The van der Waals surface area contributed by atoms with E-state index in [9.17, 15) is 10.4 Å². The number of nitriles is 1. The van der Waals surface area contributed by atoms with Crippen molar-refractivity contribution in [1.82, 2.24) is 0 Å². The molecule has 1 aliphatic heterocycles. The molecule has 19 heavy (non-hydrogen) atoms. The second-order valence-corrected chi connectivity index (χ2v) is 5.18. The SMILES string of the molecule is C[C@H]1C[C@@H](O)CN1c1ccc(C#N)c2ccccc12. The molecule has 1 aliphatic rings. The van der Waals surface area contributed by atoms with Gasteiger partial charge < -0.3 is 10.0 Å². The van der Waals surface area contributed by atoms with Crippen molar-refractivity contribution in [3.8, 4) is 6.07 Å². The molecule has 0 amide bonds. The number of fused-ring (bicyclic) bond motifs is 1. The molecular weight excluding hydrogens is 236 g/mol. The van der Waals surface area contributed by atoms with Crippen LogP contribution in [0.25, 0.3) is 10.8 Å². The summed E-state index contributed by atoms with van der Waals surface area (Å²) in [7, 11) is 0. The van der Waals surface area contributed by atoms with Crippen molar-refractivity contribution >= 4 is 16.5 Å². The van der Waals surface area contributed by atoms with E-state index in [2.05, 4.69) is 17.9 Å². The lowest BCUT2D eigenvalue weighted by molar-refractivity contribution is 0.195. The number of hydrogen-bond donors (Lipinski definition) is 1. The standard InChI is InChI=1S/C16H16N2O/c1-11-8-13(19)10-18(11)16-7-6-12(9-17)14-4-2-3-5-15(14)16/h2-7,11,13,19H,8,10H2,1H3/t11-,13+/m0/s1. The molecule has 0 saturated carbocycles. The van der Waals surface area contributed by atoms with Crippen LogP contribution in [-0.2, 0) is 0 Å². The summed E-state index contributed by atoms with van der Waals surface area (Å²) in [5.74, 6) is 0. The van der Waals surface area contributed by atoms with Crippen molar-refractivity contribution in [2.45, 2.75) is 25.5 Å². The number of benzene rings is 2. The predicted molar refractivity (Wildman–Crippen MR) is 76.1 cm³/mol. The molecule has 1 N–H and O–H groups in total. The lowest BCUT2D eigenvalue weighted by Gasteiger charge is -2.25. The Morgan fingerprint density at radius 2 is 1.95 bits per heavy atom. The highest BCUT2D eigenvalue weighted by Gasteiger charge is 2.28. The van der Waals surface area contributed by atoms with E-state index in [0.717, 1.165) is 22.9 Å². The molecule has 96 valence electrons. The van der Waals surface area contributed by atoms with Gasteiger partial charge in [-0.05, 0) is 25.5 Å². The summed E-state index contributed by atoms with van der Waals surface area (Å²) >= 11 is 0. The van der Waals surface area contributed by atoms with Gasteiger partial charge in [0.05, 0.1) is 17.7 Å². The topological polar surface area (TPSA) is 47.3 Å². The molecule has 2 aromatic rings. The van der Waals surface area contributed by atoms with Crippen LogP contribution in [0, 0.1) is 11.3 Å². The van der Waals surface area contributed by atoms with Crippen LogP contribution >= 0.6 is 0 Å². The number of hydrogen-bond acceptors (Lipinski definition) is 3. The van der Waals surface area contributed by atoms with Crippen molar-refractivity contribution < 1.29 is 5.11 Å². The smallest absolute Gasteiger partial charge is 0.0998 e. The number of aliphatic hydroxyl groups is 1. The Bertz CT molecular complexity index is 659. The molecule has 1 heterocycles. The van der Waals surface area contributed by atoms with Crippen LogP contribution < -0.4 is 4.90 Å². The number of nitrogens with zero attached hydrogens (tertiary/aromatic N) is 2. The molecule has 3 heteroatoms. The third kappa shape index (κ3) is 1.94. The minimum atomic E-state index is -0.260. The van der Waals surface area contributed by atoms with Gasteiger partial charge in [-0.3, -0.25) is 0 Å². The van der Waals surface area contributed by atoms with Gasteiger partial charge in [0.25, 0.3) is 0 Å². The third-order valence-electron chi connectivity index (χ3n) is 3.88. The summed E-state index contributed by atoms with van der Waals surface area (Å²) in [6.45, 7) is 2.79. The Hall–Kier alpha value is -2.05. The highest BCUT2D eigenvalue weighted by Crippen LogP contribution is 2.33. The van der Waals surface area contributed by atoms with Crippen LogP contribution in [0.1, 0.15) is 18.9 Å². The minimum absolute atomic E-state index is 0.260. The zero-order valence-corrected chi connectivity index (χ0v) is 10.9. The molecule has 0 spiro atoms. The molecule has 0 aliphatic carbocycles. The van der Waals surface area contributed by atoms with Crippen LogP contribution in [0.4, 0.5) is 5.69 Å². The van der Waals surface area contributed by atoms with Crippen LogP contribution in [-0.4, -0.2) is 23.8 Å². The summed E-state index contributed by atoms with van der Waals surface area (Å²) in [5.41, 5.74) is 1.81. The zero-order valence-electron chi connectivity index (χ0n) is 10.9. The summed E-state index contributed by atoms with van der Waals surface area (Å²) in [6, 6.07) is 14.4. The largest absolute Gasteiger partial charge is 0.391 e. The van der Waals surface area contributed by atoms with Gasteiger partial charge in [-0.15, -0.1) is 0 Å². The van der Waals surface area contributed by atoms with Crippen LogP contribution in [0.15, 0.2) is 36.4 Å². The molecule has 2 aromatic carbocycles. The van der Waals surface area contributed by atoms with E-state index in [1.165, 1.54) is 0 Å². The quantitative estimate of drug-likeness (QED) is 0.848. The highest BCUT2D eigenvalue weighted by atomic mass is 16.3. The van der Waals surface area contributed by atoms with Crippen LogP contribution in [0.5, 0.6) is 0 Å². The van der Waals surface area contributed by atoms with Crippen molar-refractivity contribution in [2.24, 2.45) is 0 Å². The molecule has 0 radical (unpaired) electrons. The third-order valence-corrected chi connectivity index (χ3v) is 3.88. The Balaban J connectivity index is 2.18. The molecule has 3 rings (SSSR count). The van der Waals surface area contributed by atoms with Crippen LogP contribution in [0.2, 0.25) is 0 Å². The number of aliphatic hydroxyl groups excluding tert-OH is 1. The summed E-state index contributed by atoms with van der Waals surface area (Å²) in [5, 5.41) is 21.1. The fraction of sp³-hybridized carbons (Fsp3) is 0.312. The molecule has 0 bridgehead atoms. The lowest BCUT2D eigenvalue weighted by atomic mass is 10.0. The Morgan fingerprint density at radius 1 is 1.21 bits per heavy atom. The first kappa shape index (κ1) is 12.0. The number of rotatable bonds is 1. The van der Waals surface area contributed by atoms with Gasteiger partial charge >= 0.3 is 0 Å². The Labute approximate surface area is 112 Å². The first-order valence-corrected chi connectivity index (χ1v) is 6.57. The zero-order chi connectivity index (χ0) is 13.4. The van der Waals surface area contributed by atoms with Gasteiger partial charge in [0.1, 0.15) is 0 Å². The van der Waals surface area contributed by atoms with Crippen molar-refractivity contribution in [3.63, 3.8) is 0 Å². The second-order valence-electron chi connectivity index (χ2n) is 5.18. The Kier molecular flexibility index (Phi) is 2.88. The van der Waals surface area contributed by atoms with Gasteiger partial charge in [0, 0.05) is 29.0 Å².